The first-order chi connectivity index (χ1) is 26.7. The summed E-state index contributed by atoms with van der Waals surface area (Å²) in [5.41, 5.74) is 11.0. The number of likely N-dealkylation sites (N-methyl/N-ethyl adjacent to an activating group) is 1. The third-order valence-corrected chi connectivity index (χ3v) is 11.6. The summed E-state index contributed by atoms with van der Waals surface area (Å²) in [5.74, 6) is -0.364. The minimum Gasteiger partial charge on any atom is -0.497 e. The number of hydrogen-bond acceptors (Lipinski definition) is 6. The van der Waals surface area contributed by atoms with E-state index in [1.165, 1.54) is 0 Å². The molecule has 3 aliphatic rings. The smallest absolute Gasteiger partial charge is 0.335 e. The highest BCUT2D eigenvalue weighted by atomic mass is 16.5. The number of aromatic carboxylic acids is 2. The largest absolute Gasteiger partial charge is 0.497 e. The molecule has 0 unspecified atom stereocenters. The monoisotopic (exact) mass is 750 g/mol. The summed E-state index contributed by atoms with van der Waals surface area (Å²) in [6.45, 7) is 8.56. The van der Waals surface area contributed by atoms with Crippen LogP contribution in [-0.2, 0) is 10.8 Å². The Morgan fingerprint density at radius 2 is 1.29 bits per heavy atom. The molecule has 0 fully saturated rings. The summed E-state index contributed by atoms with van der Waals surface area (Å²) >= 11 is 0. The van der Waals surface area contributed by atoms with Crippen LogP contribution >= 0.6 is 0 Å². The average Bonchev–Trinajstić information content (AvgIpc) is 3.73. The Hall–Kier alpha value is -6.35. The van der Waals surface area contributed by atoms with Crippen molar-refractivity contribution in [2.75, 3.05) is 38.1 Å². The van der Waals surface area contributed by atoms with Gasteiger partial charge in [0.1, 0.15) is 18.5 Å². The van der Waals surface area contributed by atoms with E-state index in [9.17, 15) is 19.8 Å². The van der Waals surface area contributed by atoms with Crippen molar-refractivity contribution >= 4 is 40.4 Å². The molecule has 4 aromatic rings. The van der Waals surface area contributed by atoms with E-state index in [1.54, 1.807) is 38.5 Å². The van der Waals surface area contributed by atoms with Crippen LogP contribution in [0.5, 0.6) is 11.5 Å². The predicted molar refractivity (Wildman–Crippen MR) is 222 cm³/mol. The minimum absolute atomic E-state index is 0.274. The van der Waals surface area contributed by atoms with Gasteiger partial charge in [-0.05, 0) is 128 Å². The molecule has 9 nitrogen and oxygen atoms in total. The van der Waals surface area contributed by atoms with Crippen LogP contribution in [0.1, 0.15) is 72.4 Å². The molecule has 56 heavy (non-hydrogen) atoms. The predicted octanol–water partition coefficient (Wildman–Crippen LogP) is 9.79. The lowest BCUT2D eigenvalue weighted by molar-refractivity contribution is -0.401. The van der Waals surface area contributed by atoms with E-state index >= 15 is 0 Å². The molecule has 286 valence electrons. The third kappa shape index (κ3) is 6.46. The molecule has 0 bridgehead atoms. The molecule has 2 N–H and O–H groups in total. The molecule has 0 saturated carbocycles. The van der Waals surface area contributed by atoms with Crippen molar-refractivity contribution in [3.63, 3.8) is 0 Å². The maximum atomic E-state index is 11.9. The Bertz CT molecular complexity index is 2370. The first kappa shape index (κ1) is 37.9. The highest BCUT2D eigenvalue weighted by molar-refractivity contribution is 6.04. The van der Waals surface area contributed by atoms with Crippen molar-refractivity contribution in [3.05, 3.63) is 154 Å². The van der Waals surface area contributed by atoms with Crippen LogP contribution in [0.2, 0.25) is 0 Å². The minimum atomic E-state index is -0.941. The second-order valence-electron chi connectivity index (χ2n) is 15.5. The molecule has 7 rings (SSSR count). The van der Waals surface area contributed by atoms with Crippen LogP contribution in [0.4, 0.5) is 22.7 Å². The Labute approximate surface area is 328 Å². The first-order valence-corrected chi connectivity index (χ1v) is 18.7. The zero-order valence-electron chi connectivity index (χ0n) is 33.2. The highest BCUT2D eigenvalue weighted by Crippen LogP contribution is 2.48. The van der Waals surface area contributed by atoms with Gasteiger partial charge in [0.15, 0.2) is 5.71 Å². The number of fused-ring (bicyclic) bond motifs is 2. The number of methoxy groups -OCH3 is 2. The Morgan fingerprint density at radius 1 is 0.732 bits per heavy atom. The van der Waals surface area contributed by atoms with E-state index in [0.29, 0.717) is 0 Å². The van der Waals surface area contributed by atoms with Crippen molar-refractivity contribution < 1.29 is 33.9 Å². The molecule has 0 aromatic heterocycles. The van der Waals surface area contributed by atoms with E-state index in [0.717, 1.165) is 86.5 Å². The normalized spacial score (nSPS) is 18.2. The van der Waals surface area contributed by atoms with Crippen molar-refractivity contribution in [2.45, 2.75) is 51.4 Å². The van der Waals surface area contributed by atoms with Gasteiger partial charge >= 0.3 is 11.9 Å². The maximum Gasteiger partial charge on any atom is 0.335 e. The molecule has 4 aromatic carbocycles. The Balaban J connectivity index is 1.39. The molecule has 0 radical (unpaired) electrons. The van der Waals surface area contributed by atoms with Crippen LogP contribution in [-0.4, -0.2) is 60.8 Å². The number of benzene rings is 4. The number of rotatable bonds is 10. The van der Waals surface area contributed by atoms with Gasteiger partial charge in [-0.15, -0.1) is 0 Å². The molecule has 2 heterocycles. The number of carboxylic acid groups (broad SMARTS) is 2. The molecule has 0 atom stereocenters. The Morgan fingerprint density at radius 3 is 1.84 bits per heavy atom. The standard InChI is InChI=1S/C47H47N3O6/c1-46(2)37-27-31(44(51)52)11-23-39(37)48(5)41(46)25-13-29-9-10-30(14-26-42-47(3,4)38-28-32(45(53)54)12-24-40(38)49(42)6)43(29)50(33-15-19-35(55-7)20-16-33)34-17-21-36(56-8)22-18-34/h11-28H,9-10H2,1-8H3,(H-,51,52,53,54)/p+1. The van der Waals surface area contributed by atoms with Gasteiger partial charge in [-0.25, -0.2) is 9.59 Å². The van der Waals surface area contributed by atoms with Crippen LogP contribution in [0.15, 0.2) is 132 Å². The van der Waals surface area contributed by atoms with Crippen molar-refractivity contribution in [2.24, 2.45) is 0 Å². The van der Waals surface area contributed by atoms with E-state index in [4.69, 9.17) is 9.47 Å². The van der Waals surface area contributed by atoms with Crippen molar-refractivity contribution in [1.82, 2.24) is 0 Å². The lowest BCUT2D eigenvalue weighted by Crippen LogP contribution is -2.27. The number of allylic oxidation sites excluding steroid dienone is 7. The SMILES string of the molecule is COc1ccc(N(C2=C(C=CC3=[N+](C)c4ccc(C(=O)O)cc4C3(C)C)CCC2=CC=C2N(C)c3ccc(C(=O)O)cc3C2(C)C)c2ccc(OC)cc2)cc1. The summed E-state index contributed by atoms with van der Waals surface area (Å²) in [7, 11) is 7.39. The van der Waals surface area contributed by atoms with Crippen LogP contribution < -0.4 is 19.3 Å². The summed E-state index contributed by atoms with van der Waals surface area (Å²) in [4.78, 5) is 28.3. The van der Waals surface area contributed by atoms with Crippen LogP contribution in [0.25, 0.3) is 0 Å². The van der Waals surface area contributed by atoms with E-state index in [2.05, 4.69) is 90.6 Å². The number of carbonyl (C=O) groups is 2. The second-order valence-corrected chi connectivity index (χ2v) is 15.5. The van der Waals surface area contributed by atoms with Crippen LogP contribution in [0.3, 0.4) is 0 Å². The van der Waals surface area contributed by atoms with Gasteiger partial charge in [-0.2, -0.15) is 4.58 Å². The fourth-order valence-corrected chi connectivity index (χ4v) is 8.49. The maximum absolute atomic E-state index is 11.9. The molecule has 0 spiro atoms. The van der Waals surface area contributed by atoms with Gasteiger partial charge < -0.3 is 29.5 Å². The molecule has 0 amide bonds. The fraction of sp³-hybridized carbons (Fsp3) is 0.255. The fourth-order valence-electron chi connectivity index (χ4n) is 8.49. The topological polar surface area (TPSA) is 103 Å². The first-order valence-electron chi connectivity index (χ1n) is 18.7. The molecule has 0 saturated heterocycles. The molecule has 9 heteroatoms. The number of ether oxygens (including phenoxy) is 2. The molecule has 1 aliphatic carbocycles. The van der Waals surface area contributed by atoms with Crippen molar-refractivity contribution in [1.29, 1.82) is 0 Å². The van der Waals surface area contributed by atoms with Gasteiger partial charge in [0.2, 0.25) is 5.69 Å². The Kier molecular flexibility index (Phi) is 9.74. The summed E-state index contributed by atoms with van der Waals surface area (Å²) in [5, 5.41) is 19.5. The zero-order valence-corrected chi connectivity index (χ0v) is 33.2. The van der Waals surface area contributed by atoms with E-state index in [-0.39, 0.29) is 11.1 Å². The summed E-state index contributed by atoms with van der Waals surface area (Å²) in [6.07, 6.45) is 10.4. The summed E-state index contributed by atoms with van der Waals surface area (Å²) in [6, 6.07) is 26.8. The lowest BCUT2D eigenvalue weighted by atomic mass is 9.80. The molecular weight excluding hydrogens is 703 g/mol. The van der Waals surface area contributed by atoms with Gasteiger partial charge in [0.05, 0.1) is 36.5 Å². The second kappa shape index (κ2) is 14.4. The summed E-state index contributed by atoms with van der Waals surface area (Å²) < 4.78 is 13.2. The highest BCUT2D eigenvalue weighted by Gasteiger charge is 2.44. The quantitative estimate of drug-likeness (QED) is 0.155. The van der Waals surface area contributed by atoms with Gasteiger partial charge in [0, 0.05) is 52.9 Å². The van der Waals surface area contributed by atoms with Gasteiger partial charge in [-0.1, -0.05) is 26.0 Å². The average molecular weight is 751 g/mol. The van der Waals surface area contributed by atoms with Crippen LogP contribution in [0, 0.1) is 0 Å². The lowest BCUT2D eigenvalue weighted by Gasteiger charge is -2.29. The number of nitrogens with zero attached hydrogens (tertiary/aromatic N) is 3. The molecular formula is C47H48N3O6+. The number of anilines is 3. The third-order valence-electron chi connectivity index (χ3n) is 11.6. The number of carboxylic acids is 2. The molecule has 2 aliphatic heterocycles. The van der Waals surface area contributed by atoms with Gasteiger partial charge in [-0.3, -0.25) is 0 Å². The zero-order chi connectivity index (χ0) is 40.1. The number of hydrogen-bond donors (Lipinski definition) is 2. The van der Waals surface area contributed by atoms with E-state index in [1.807, 2.05) is 50.5 Å². The van der Waals surface area contributed by atoms with Gasteiger partial charge in [0.25, 0.3) is 0 Å². The van der Waals surface area contributed by atoms with Crippen molar-refractivity contribution in [3.8, 4) is 11.5 Å². The van der Waals surface area contributed by atoms with E-state index < -0.39 is 22.8 Å².